The van der Waals surface area contributed by atoms with Crippen LogP contribution >= 0.6 is 0 Å². The smallest absolute Gasteiger partial charge is 0.241 e. The average molecular weight is 210 g/mol. The van der Waals surface area contributed by atoms with Crippen molar-refractivity contribution in [3.05, 3.63) is 24.5 Å². The van der Waals surface area contributed by atoms with Crippen LogP contribution in [0.3, 0.4) is 0 Å². The number of rotatable bonds is 3. The summed E-state index contributed by atoms with van der Waals surface area (Å²) in [6.07, 6.45) is 7.84. The summed E-state index contributed by atoms with van der Waals surface area (Å²) >= 11 is 0. The molecule has 14 heavy (non-hydrogen) atoms. The summed E-state index contributed by atoms with van der Waals surface area (Å²) in [5.74, 6) is 1.19. The minimum atomic E-state index is -1.42. The molecule has 0 fully saturated rings. The molecule has 0 amide bonds. The van der Waals surface area contributed by atoms with E-state index in [0.717, 1.165) is 6.42 Å². The van der Waals surface area contributed by atoms with Gasteiger partial charge in [-0.15, -0.1) is 6.58 Å². The molecule has 1 nitrogen and oxygen atoms in total. The van der Waals surface area contributed by atoms with Crippen molar-refractivity contribution < 1.29 is 4.43 Å². The van der Waals surface area contributed by atoms with Crippen LogP contribution in [0.5, 0.6) is 0 Å². The van der Waals surface area contributed by atoms with E-state index in [4.69, 9.17) is 4.43 Å². The van der Waals surface area contributed by atoms with Gasteiger partial charge in [0.15, 0.2) is 0 Å². The summed E-state index contributed by atoms with van der Waals surface area (Å²) in [6.45, 7) is 12.8. The van der Waals surface area contributed by atoms with Crippen molar-refractivity contribution >= 4 is 8.32 Å². The van der Waals surface area contributed by atoms with E-state index in [9.17, 15) is 0 Å². The first-order valence-electron chi connectivity index (χ1n) is 5.39. The largest absolute Gasteiger partial charge is 0.548 e. The van der Waals surface area contributed by atoms with Gasteiger partial charge in [0, 0.05) is 11.8 Å². The van der Waals surface area contributed by atoms with Crippen LogP contribution in [0.25, 0.3) is 0 Å². The van der Waals surface area contributed by atoms with Gasteiger partial charge in [-0.2, -0.15) is 0 Å². The standard InChI is InChI=1S/C12H22OSi/c1-6-12(2)9-7-8-11(10-12)13-14(3,4)5/h6,10H,1,7-9H2,2-5H3. The van der Waals surface area contributed by atoms with Gasteiger partial charge in [-0.3, -0.25) is 0 Å². The predicted octanol–water partition coefficient (Wildman–Crippen LogP) is 4.10. The summed E-state index contributed by atoms with van der Waals surface area (Å²) in [7, 11) is -1.42. The molecule has 0 aromatic carbocycles. The van der Waals surface area contributed by atoms with Crippen molar-refractivity contribution in [1.29, 1.82) is 0 Å². The minimum Gasteiger partial charge on any atom is -0.548 e. The molecule has 0 saturated heterocycles. The molecule has 1 rings (SSSR count). The Morgan fingerprint density at radius 3 is 2.64 bits per heavy atom. The van der Waals surface area contributed by atoms with Crippen LogP contribution < -0.4 is 0 Å². The molecule has 0 bridgehead atoms. The fourth-order valence-electron chi connectivity index (χ4n) is 1.79. The Hall–Kier alpha value is -0.503. The molecule has 1 atom stereocenters. The van der Waals surface area contributed by atoms with E-state index >= 15 is 0 Å². The third kappa shape index (κ3) is 3.33. The lowest BCUT2D eigenvalue weighted by Crippen LogP contribution is -2.27. The fraction of sp³-hybridized carbons (Fsp3) is 0.667. The Morgan fingerprint density at radius 1 is 1.50 bits per heavy atom. The first kappa shape index (κ1) is 11.6. The van der Waals surface area contributed by atoms with Crippen LogP contribution in [-0.4, -0.2) is 8.32 Å². The Bertz CT molecular complexity index is 250. The van der Waals surface area contributed by atoms with Crippen molar-refractivity contribution in [2.24, 2.45) is 5.41 Å². The molecule has 0 aliphatic heterocycles. The van der Waals surface area contributed by atoms with Crippen LogP contribution in [0.2, 0.25) is 19.6 Å². The second-order valence-corrected chi connectivity index (χ2v) is 9.82. The highest BCUT2D eigenvalue weighted by atomic mass is 28.4. The zero-order chi connectivity index (χ0) is 10.8. The maximum absolute atomic E-state index is 6.03. The molecule has 0 heterocycles. The molecule has 0 aromatic rings. The van der Waals surface area contributed by atoms with Gasteiger partial charge in [-0.05, 0) is 38.6 Å². The highest BCUT2D eigenvalue weighted by Crippen LogP contribution is 2.35. The first-order chi connectivity index (χ1) is 6.35. The summed E-state index contributed by atoms with van der Waals surface area (Å²) in [5, 5.41) is 0. The molecule has 0 aromatic heterocycles. The van der Waals surface area contributed by atoms with Crippen molar-refractivity contribution in [3.8, 4) is 0 Å². The van der Waals surface area contributed by atoms with E-state index in [1.165, 1.54) is 18.6 Å². The highest BCUT2D eigenvalue weighted by Gasteiger charge is 2.26. The Labute approximate surface area is 89.0 Å². The van der Waals surface area contributed by atoms with Crippen LogP contribution in [0, 0.1) is 5.41 Å². The molecule has 0 spiro atoms. The Balaban J connectivity index is 2.75. The number of hydrogen-bond donors (Lipinski definition) is 0. The normalized spacial score (nSPS) is 28.1. The zero-order valence-electron chi connectivity index (χ0n) is 9.89. The molecule has 0 radical (unpaired) electrons. The monoisotopic (exact) mass is 210 g/mol. The van der Waals surface area contributed by atoms with E-state index in [2.05, 4.69) is 39.2 Å². The number of allylic oxidation sites excluding steroid dienone is 3. The molecule has 1 unspecified atom stereocenters. The van der Waals surface area contributed by atoms with E-state index in [-0.39, 0.29) is 5.41 Å². The average Bonchev–Trinajstić information content (AvgIpc) is 2.01. The zero-order valence-corrected chi connectivity index (χ0v) is 10.9. The lowest BCUT2D eigenvalue weighted by molar-refractivity contribution is 0.336. The van der Waals surface area contributed by atoms with Gasteiger partial charge in [0.2, 0.25) is 8.32 Å². The summed E-state index contributed by atoms with van der Waals surface area (Å²) in [5.41, 5.74) is 0.160. The van der Waals surface area contributed by atoms with Gasteiger partial charge in [-0.1, -0.05) is 13.0 Å². The lowest BCUT2D eigenvalue weighted by Gasteiger charge is -2.31. The molecule has 1 aliphatic carbocycles. The Kier molecular flexibility index (Phi) is 3.25. The Morgan fingerprint density at radius 2 is 2.14 bits per heavy atom. The van der Waals surface area contributed by atoms with Gasteiger partial charge in [-0.25, -0.2) is 0 Å². The predicted molar refractivity (Wildman–Crippen MR) is 64.7 cm³/mol. The topological polar surface area (TPSA) is 9.23 Å². The van der Waals surface area contributed by atoms with E-state index in [1.807, 2.05) is 6.08 Å². The maximum Gasteiger partial charge on any atom is 0.241 e. The van der Waals surface area contributed by atoms with Gasteiger partial charge < -0.3 is 4.43 Å². The highest BCUT2D eigenvalue weighted by molar-refractivity contribution is 6.70. The second-order valence-electron chi connectivity index (χ2n) is 5.39. The van der Waals surface area contributed by atoms with Gasteiger partial charge in [0.1, 0.15) is 0 Å². The van der Waals surface area contributed by atoms with Gasteiger partial charge in [0.05, 0.1) is 5.76 Å². The van der Waals surface area contributed by atoms with Crippen LogP contribution in [0.1, 0.15) is 26.2 Å². The number of hydrogen-bond acceptors (Lipinski definition) is 1. The van der Waals surface area contributed by atoms with Gasteiger partial charge >= 0.3 is 0 Å². The van der Waals surface area contributed by atoms with E-state index in [0.29, 0.717) is 0 Å². The SMILES string of the molecule is C=CC1(C)C=C(O[Si](C)(C)C)CCC1. The summed E-state index contributed by atoms with van der Waals surface area (Å²) in [4.78, 5) is 0. The molecular weight excluding hydrogens is 188 g/mol. The van der Waals surface area contributed by atoms with Crippen molar-refractivity contribution in [1.82, 2.24) is 0 Å². The molecule has 0 saturated carbocycles. The maximum atomic E-state index is 6.03. The van der Waals surface area contributed by atoms with E-state index < -0.39 is 8.32 Å². The fourth-order valence-corrected chi connectivity index (χ4v) is 2.74. The molecule has 1 aliphatic rings. The van der Waals surface area contributed by atoms with Gasteiger partial charge in [0.25, 0.3) is 0 Å². The molecule has 0 N–H and O–H groups in total. The van der Waals surface area contributed by atoms with Crippen molar-refractivity contribution in [3.63, 3.8) is 0 Å². The van der Waals surface area contributed by atoms with Crippen LogP contribution in [-0.2, 0) is 4.43 Å². The minimum absolute atomic E-state index is 0.160. The molecular formula is C12H22OSi. The summed E-state index contributed by atoms with van der Waals surface area (Å²) in [6, 6.07) is 0. The van der Waals surface area contributed by atoms with Crippen LogP contribution in [0.15, 0.2) is 24.5 Å². The third-order valence-corrected chi connectivity index (χ3v) is 3.41. The summed E-state index contributed by atoms with van der Waals surface area (Å²) < 4.78 is 6.03. The van der Waals surface area contributed by atoms with Crippen molar-refractivity contribution in [2.45, 2.75) is 45.8 Å². The van der Waals surface area contributed by atoms with Crippen molar-refractivity contribution in [2.75, 3.05) is 0 Å². The lowest BCUT2D eigenvalue weighted by atomic mass is 9.80. The van der Waals surface area contributed by atoms with E-state index in [1.54, 1.807) is 0 Å². The van der Waals surface area contributed by atoms with Crippen LogP contribution in [0.4, 0.5) is 0 Å². The third-order valence-electron chi connectivity index (χ3n) is 2.53. The quantitative estimate of drug-likeness (QED) is 0.503. The molecule has 2 heteroatoms. The molecule has 80 valence electrons. The second kappa shape index (κ2) is 3.93. The first-order valence-corrected chi connectivity index (χ1v) is 8.80.